The topological polar surface area (TPSA) is 18.5 Å². The number of rotatable bonds is 9. The fourth-order valence-corrected chi connectivity index (χ4v) is 5.30. The number of hydrogen-bond donors (Lipinski definition) is 0. The third-order valence-corrected chi connectivity index (χ3v) is 6.31. The van der Waals surface area contributed by atoms with Crippen LogP contribution in [0.2, 0.25) is 12.1 Å². The molecule has 0 aliphatic heterocycles. The van der Waals surface area contributed by atoms with Crippen LogP contribution in [-0.4, -0.2) is 21.8 Å². The van der Waals surface area contributed by atoms with Crippen LogP contribution in [0.15, 0.2) is 0 Å². The Hall–Kier alpha value is 0.137. The highest BCUT2D eigenvalue weighted by molar-refractivity contribution is 6.67. The van der Waals surface area contributed by atoms with Gasteiger partial charge in [0.05, 0.1) is 0 Å². The van der Waals surface area contributed by atoms with E-state index in [1.54, 1.807) is 0 Å². The average Bonchev–Trinajstić information content (AvgIpc) is 2.16. The zero-order chi connectivity index (χ0) is 10.9. The van der Waals surface area contributed by atoms with Gasteiger partial charge in [-0.2, -0.15) is 0 Å². The Labute approximate surface area is 90.2 Å². The van der Waals surface area contributed by atoms with E-state index in [4.69, 9.17) is 8.85 Å². The Morgan fingerprint density at radius 1 is 0.786 bits per heavy atom. The summed E-state index contributed by atoms with van der Waals surface area (Å²) in [5, 5.41) is 0. The maximum Gasteiger partial charge on any atom is 0.338 e. The van der Waals surface area contributed by atoms with Crippen molar-refractivity contribution in [3.63, 3.8) is 0 Å². The van der Waals surface area contributed by atoms with Crippen LogP contribution in [0, 0.1) is 0 Å². The first-order valence-corrected chi connectivity index (χ1v) is 8.25. The quantitative estimate of drug-likeness (QED) is 0.549. The SMILES string of the molecule is CCCO[Si](CCC)(CCC)OCC. The minimum atomic E-state index is -1.82. The zero-order valence-corrected chi connectivity index (χ0v) is 11.3. The van der Waals surface area contributed by atoms with Crippen LogP contribution >= 0.6 is 0 Å². The van der Waals surface area contributed by atoms with E-state index >= 15 is 0 Å². The molecule has 0 aromatic heterocycles. The predicted molar refractivity (Wildman–Crippen MR) is 63.8 cm³/mol. The lowest BCUT2D eigenvalue weighted by Crippen LogP contribution is -2.42. The Morgan fingerprint density at radius 2 is 1.36 bits per heavy atom. The molecule has 0 saturated carbocycles. The Morgan fingerprint density at radius 3 is 1.71 bits per heavy atom. The molecule has 0 aliphatic carbocycles. The second kappa shape index (κ2) is 8.45. The molecule has 0 atom stereocenters. The summed E-state index contributed by atoms with van der Waals surface area (Å²) >= 11 is 0. The monoisotopic (exact) mass is 218 g/mol. The zero-order valence-electron chi connectivity index (χ0n) is 10.3. The average molecular weight is 218 g/mol. The Kier molecular flexibility index (Phi) is 8.53. The van der Waals surface area contributed by atoms with E-state index in [0.29, 0.717) is 0 Å². The molecule has 14 heavy (non-hydrogen) atoms. The molecule has 0 unspecified atom stereocenters. The van der Waals surface area contributed by atoms with Crippen LogP contribution in [0.3, 0.4) is 0 Å². The summed E-state index contributed by atoms with van der Waals surface area (Å²) in [4.78, 5) is 0. The van der Waals surface area contributed by atoms with Gasteiger partial charge in [-0.05, 0) is 25.4 Å². The van der Waals surface area contributed by atoms with Crippen LogP contribution in [0.4, 0.5) is 0 Å². The van der Waals surface area contributed by atoms with Gasteiger partial charge in [0.25, 0.3) is 0 Å². The maximum absolute atomic E-state index is 6.02. The van der Waals surface area contributed by atoms with Gasteiger partial charge in [0, 0.05) is 13.2 Å². The van der Waals surface area contributed by atoms with Crippen molar-refractivity contribution in [2.45, 2.75) is 59.0 Å². The second-order valence-electron chi connectivity index (χ2n) is 3.69. The van der Waals surface area contributed by atoms with Crippen molar-refractivity contribution in [2.24, 2.45) is 0 Å². The normalized spacial score (nSPS) is 12.0. The van der Waals surface area contributed by atoms with Crippen molar-refractivity contribution < 1.29 is 8.85 Å². The Bertz CT molecular complexity index is 111. The molecule has 0 amide bonds. The van der Waals surface area contributed by atoms with Crippen molar-refractivity contribution in [1.82, 2.24) is 0 Å². The molecule has 0 aromatic rings. The molecule has 86 valence electrons. The van der Waals surface area contributed by atoms with Gasteiger partial charge in [0.1, 0.15) is 0 Å². The summed E-state index contributed by atoms with van der Waals surface area (Å²) in [5.74, 6) is 0. The summed E-state index contributed by atoms with van der Waals surface area (Å²) in [6.07, 6.45) is 3.45. The molecular formula is C11H26O2Si. The largest absolute Gasteiger partial charge is 0.394 e. The van der Waals surface area contributed by atoms with Gasteiger partial charge in [-0.3, -0.25) is 0 Å². The highest BCUT2D eigenvalue weighted by atomic mass is 28.4. The van der Waals surface area contributed by atoms with Crippen LogP contribution in [-0.2, 0) is 8.85 Å². The summed E-state index contributed by atoms with van der Waals surface area (Å²) in [6, 6.07) is 2.30. The van der Waals surface area contributed by atoms with Crippen molar-refractivity contribution in [2.75, 3.05) is 13.2 Å². The predicted octanol–water partition coefficient (Wildman–Crippen LogP) is 3.71. The molecule has 0 fully saturated rings. The molecular weight excluding hydrogens is 192 g/mol. The first-order chi connectivity index (χ1) is 6.74. The molecule has 0 spiro atoms. The molecule has 0 aliphatic rings. The van der Waals surface area contributed by atoms with Gasteiger partial charge in [-0.1, -0.05) is 33.6 Å². The lowest BCUT2D eigenvalue weighted by Gasteiger charge is -2.29. The summed E-state index contributed by atoms with van der Waals surface area (Å²) in [6.45, 7) is 10.3. The fourth-order valence-electron chi connectivity index (χ4n) is 1.77. The van der Waals surface area contributed by atoms with E-state index in [1.165, 1.54) is 12.8 Å². The summed E-state index contributed by atoms with van der Waals surface area (Å²) in [7, 11) is -1.82. The van der Waals surface area contributed by atoms with Crippen LogP contribution in [0.5, 0.6) is 0 Å². The summed E-state index contributed by atoms with van der Waals surface area (Å²) in [5.41, 5.74) is 0. The molecule has 2 nitrogen and oxygen atoms in total. The molecule has 0 saturated heterocycles. The van der Waals surface area contributed by atoms with Crippen molar-refractivity contribution in [3.8, 4) is 0 Å². The summed E-state index contributed by atoms with van der Waals surface area (Å²) < 4.78 is 11.9. The molecule has 3 heteroatoms. The smallest absolute Gasteiger partial charge is 0.338 e. The highest BCUT2D eigenvalue weighted by Crippen LogP contribution is 2.22. The van der Waals surface area contributed by atoms with E-state index in [-0.39, 0.29) is 0 Å². The van der Waals surface area contributed by atoms with E-state index in [1.807, 2.05) is 0 Å². The van der Waals surface area contributed by atoms with Gasteiger partial charge in [0.15, 0.2) is 0 Å². The van der Waals surface area contributed by atoms with E-state index in [0.717, 1.165) is 31.7 Å². The van der Waals surface area contributed by atoms with E-state index < -0.39 is 8.56 Å². The molecule has 0 radical (unpaired) electrons. The van der Waals surface area contributed by atoms with Crippen molar-refractivity contribution in [1.29, 1.82) is 0 Å². The van der Waals surface area contributed by atoms with Crippen LogP contribution in [0.1, 0.15) is 47.0 Å². The standard InChI is InChI=1S/C11H26O2Si/c1-5-9-13-14(10-6-2,11-7-3)12-8-4/h5-11H2,1-4H3. The van der Waals surface area contributed by atoms with E-state index in [9.17, 15) is 0 Å². The molecule has 0 heterocycles. The maximum atomic E-state index is 6.02. The lowest BCUT2D eigenvalue weighted by atomic mass is 10.5. The minimum Gasteiger partial charge on any atom is -0.394 e. The lowest BCUT2D eigenvalue weighted by molar-refractivity contribution is 0.173. The molecule has 0 rings (SSSR count). The van der Waals surface area contributed by atoms with Crippen LogP contribution < -0.4 is 0 Å². The third-order valence-electron chi connectivity index (χ3n) is 2.24. The van der Waals surface area contributed by atoms with Crippen molar-refractivity contribution >= 4 is 8.56 Å². The van der Waals surface area contributed by atoms with Gasteiger partial charge in [0.2, 0.25) is 0 Å². The van der Waals surface area contributed by atoms with E-state index in [2.05, 4.69) is 27.7 Å². The van der Waals surface area contributed by atoms with Gasteiger partial charge >= 0.3 is 8.56 Å². The third kappa shape index (κ3) is 5.13. The first-order valence-electron chi connectivity index (χ1n) is 6.02. The van der Waals surface area contributed by atoms with Gasteiger partial charge in [-0.15, -0.1) is 0 Å². The van der Waals surface area contributed by atoms with Gasteiger partial charge in [-0.25, -0.2) is 0 Å². The number of hydrogen-bond acceptors (Lipinski definition) is 2. The highest BCUT2D eigenvalue weighted by Gasteiger charge is 2.34. The fraction of sp³-hybridized carbons (Fsp3) is 1.00. The molecule has 0 bridgehead atoms. The molecule has 0 N–H and O–H groups in total. The molecule has 0 aromatic carbocycles. The van der Waals surface area contributed by atoms with Crippen molar-refractivity contribution in [3.05, 3.63) is 0 Å². The van der Waals surface area contributed by atoms with Crippen LogP contribution in [0.25, 0.3) is 0 Å². The first kappa shape index (κ1) is 14.1. The van der Waals surface area contributed by atoms with Gasteiger partial charge < -0.3 is 8.85 Å². The minimum absolute atomic E-state index is 0.802. The second-order valence-corrected chi connectivity index (χ2v) is 7.09. The Balaban J connectivity index is 4.21.